The lowest BCUT2D eigenvalue weighted by Gasteiger charge is -2.08. The molecule has 0 amide bonds. The van der Waals surface area contributed by atoms with E-state index in [9.17, 15) is 4.79 Å². The minimum atomic E-state index is -0.333. The number of ether oxygens (including phenoxy) is 1. The molecule has 0 unspecified atom stereocenters. The van der Waals surface area contributed by atoms with Crippen LogP contribution in [0.1, 0.15) is 27.6 Å². The van der Waals surface area contributed by atoms with Crippen molar-refractivity contribution in [2.75, 3.05) is 7.11 Å². The van der Waals surface area contributed by atoms with Gasteiger partial charge in [0.1, 0.15) is 11.6 Å². The van der Waals surface area contributed by atoms with E-state index in [1.165, 1.54) is 7.11 Å². The topological polar surface area (TPSA) is 57.0 Å². The first kappa shape index (κ1) is 12.3. The Labute approximate surface area is 105 Å². The number of carbonyl (C=O) groups excluding carboxylic acids is 1. The highest BCUT2D eigenvalue weighted by Gasteiger charge is 2.12. The Bertz CT molecular complexity index is 575. The number of rotatable bonds is 3. The van der Waals surface area contributed by atoms with E-state index in [1.54, 1.807) is 10.7 Å². The van der Waals surface area contributed by atoms with Crippen LogP contribution >= 0.6 is 0 Å². The van der Waals surface area contributed by atoms with Crippen LogP contribution < -0.4 is 0 Å². The van der Waals surface area contributed by atoms with Crippen molar-refractivity contribution in [3.63, 3.8) is 0 Å². The Morgan fingerprint density at radius 3 is 2.67 bits per heavy atom. The van der Waals surface area contributed by atoms with E-state index in [4.69, 9.17) is 4.74 Å². The third-order valence-corrected chi connectivity index (χ3v) is 2.71. The molecule has 0 aliphatic rings. The van der Waals surface area contributed by atoms with Gasteiger partial charge in [-0.05, 0) is 25.5 Å². The molecular weight excluding hydrogens is 230 g/mol. The lowest BCUT2D eigenvalue weighted by molar-refractivity contribution is 0.0599. The summed E-state index contributed by atoms with van der Waals surface area (Å²) in [5, 5.41) is 4.29. The highest BCUT2D eigenvalue weighted by atomic mass is 16.5. The van der Waals surface area contributed by atoms with Crippen LogP contribution in [-0.4, -0.2) is 27.8 Å². The van der Waals surface area contributed by atoms with E-state index in [-0.39, 0.29) is 5.97 Å². The molecule has 5 nitrogen and oxygen atoms in total. The first-order chi connectivity index (χ1) is 8.61. The second kappa shape index (κ2) is 5.00. The number of nitrogens with zero attached hydrogens (tertiary/aromatic N) is 3. The van der Waals surface area contributed by atoms with Crippen LogP contribution in [0, 0.1) is 13.8 Å². The summed E-state index contributed by atoms with van der Waals surface area (Å²) in [5.41, 5.74) is 1.44. The maximum absolute atomic E-state index is 11.6. The Morgan fingerprint density at radius 2 is 2.06 bits per heavy atom. The quantitative estimate of drug-likeness (QED) is 0.773. The number of aromatic nitrogens is 3. The largest absolute Gasteiger partial charge is 0.465 e. The van der Waals surface area contributed by atoms with Crippen molar-refractivity contribution in [2.45, 2.75) is 20.4 Å². The maximum Gasteiger partial charge on any atom is 0.338 e. The number of esters is 1. The van der Waals surface area contributed by atoms with Gasteiger partial charge in [0.15, 0.2) is 0 Å². The Hall–Kier alpha value is -2.17. The Kier molecular flexibility index (Phi) is 3.41. The highest BCUT2D eigenvalue weighted by Crippen LogP contribution is 2.12. The zero-order chi connectivity index (χ0) is 13.1. The van der Waals surface area contributed by atoms with Crippen LogP contribution in [0.15, 0.2) is 24.3 Å². The SMILES string of the molecule is COC(=O)c1ccccc1Cn1nc(C)nc1C. The van der Waals surface area contributed by atoms with Crippen molar-refractivity contribution >= 4 is 5.97 Å². The number of carbonyl (C=O) groups is 1. The number of methoxy groups -OCH3 is 1. The molecule has 2 rings (SSSR count). The molecule has 5 heteroatoms. The molecule has 1 aromatic carbocycles. The predicted octanol–water partition coefficient (Wildman–Crippen LogP) is 1.73. The fraction of sp³-hybridized carbons (Fsp3) is 0.308. The van der Waals surface area contributed by atoms with Gasteiger partial charge in [0.25, 0.3) is 0 Å². The summed E-state index contributed by atoms with van der Waals surface area (Å²) >= 11 is 0. The Morgan fingerprint density at radius 1 is 1.33 bits per heavy atom. The molecule has 94 valence electrons. The van der Waals surface area contributed by atoms with Gasteiger partial charge in [-0.2, -0.15) is 5.10 Å². The van der Waals surface area contributed by atoms with Crippen molar-refractivity contribution < 1.29 is 9.53 Å². The van der Waals surface area contributed by atoms with Crippen molar-refractivity contribution in [2.24, 2.45) is 0 Å². The van der Waals surface area contributed by atoms with Crippen molar-refractivity contribution in [1.29, 1.82) is 0 Å². The molecule has 0 radical (unpaired) electrons. The lowest BCUT2D eigenvalue weighted by Crippen LogP contribution is -2.10. The molecule has 0 bridgehead atoms. The molecule has 0 atom stereocenters. The van der Waals surface area contributed by atoms with Gasteiger partial charge in [0.2, 0.25) is 0 Å². The van der Waals surface area contributed by atoms with E-state index in [2.05, 4.69) is 10.1 Å². The number of benzene rings is 1. The van der Waals surface area contributed by atoms with E-state index < -0.39 is 0 Å². The monoisotopic (exact) mass is 245 g/mol. The number of aryl methyl sites for hydroxylation is 2. The molecule has 0 saturated heterocycles. The average molecular weight is 245 g/mol. The van der Waals surface area contributed by atoms with Gasteiger partial charge >= 0.3 is 5.97 Å². The van der Waals surface area contributed by atoms with Crippen LogP contribution in [-0.2, 0) is 11.3 Å². The van der Waals surface area contributed by atoms with Gasteiger partial charge in [0.05, 0.1) is 19.2 Å². The second-order valence-corrected chi connectivity index (χ2v) is 4.01. The molecule has 0 spiro atoms. The minimum Gasteiger partial charge on any atom is -0.465 e. The first-order valence-corrected chi connectivity index (χ1v) is 5.66. The van der Waals surface area contributed by atoms with Crippen LogP contribution in [0.2, 0.25) is 0 Å². The summed E-state index contributed by atoms with van der Waals surface area (Å²) in [6.45, 7) is 4.24. The standard InChI is InChI=1S/C13H15N3O2/c1-9-14-10(2)16(15-9)8-11-6-4-5-7-12(11)13(17)18-3/h4-7H,8H2,1-3H3. The van der Waals surface area contributed by atoms with Gasteiger partial charge in [-0.1, -0.05) is 18.2 Å². The number of hydrogen-bond acceptors (Lipinski definition) is 4. The third kappa shape index (κ3) is 2.40. The van der Waals surface area contributed by atoms with E-state index in [1.807, 2.05) is 32.0 Å². The molecule has 1 aromatic heterocycles. The second-order valence-electron chi connectivity index (χ2n) is 4.01. The average Bonchev–Trinajstić information content (AvgIpc) is 2.67. The smallest absolute Gasteiger partial charge is 0.338 e. The maximum atomic E-state index is 11.6. The summed E-state index contributed by atoms with van der Waals surface area (Å²) in [7, 11) is 1.38. The van der Waals surface area contributed by atoms with Crippen LogP contribution in [0.5, 0.6) is 0 Å². The highest BCUT2D eigenvalue weighted by molar-refractivity contribution is 5.90. The molecule has 0 aliphatic carbocycles. The summed E-state index contributed by atoms with van der Waals surface area (Å²) in [6, 6.07) is 7.35. The Balaban J connectivity index is 2.34. The normalized spacial score (nSPS) is 10.4. The van der Waals surface area contributed by atoms with Gasteiger partial charge < -0.3 is 4.74 Å². The molecule has 0 fully saturated rings. The molecule has 18 heavy (non-hydrogen) atoms. The van der Waals surface area contributed by atoms with Crippen molar-refractivity contribution in [3.8, 4) is 0 Å². The van der Waals surface area contributed by atoms with Gasteiger partial charge in [-0.15, -0.1) is 0 Å². The summed E-state index contributed by atoms with van der Waals surface area (Å²) in [4.78, 5) is 15.9. The predicted molar refractivity (Wildman–Crippen MR) is 66.4 cm³/mol. The first-order valence-electron chi connectivity index (χ1n) is 5.66. The van der Waals surface area contributed by atoms with Gasteiger partial charge in [-0.3, -0.25) is 0 Å². The molecular formula is C13H15N3O2. The zero-order valence-corrected chi connectivity index (χ0v) is 10.7. The van der Waals surface area contributed by atoms with Crippen molar-refractivity contribution in [3.05, 3.63) is 47.0 Å². The number of hydrogen-bond donors (Lipinski definition) is 0. The molecule has 1 heterocycles. The van der Waals surface area contributed by atoms with Gasteiger partial charge in [0, 0.05) is 0 Å². The third-order valence-electron chi connectivity index (χ3n) is 2.71. The fourth-order valence-corrected chi connectivity index (χ4v) is 1.84. The van der Waals surface area contributed by atoms with Crippen LogP contribution in [0.3, 0.4) is 0 Å². The minimum absolute atomic E-state index is 0.333. The van der Waals surface area contributed by atoms with E-state index >= 15 is 0 Å². The molecule has 2 aromatic rings. The van der Waals surface area contributed by atoms with Crippen LogP contribution in [0.4, 0.5) is 0 Å². The fourth-order valence-electron chi connectivity index (χ4n) is 1.84. The lowest BCUT2D eigenvalue weighted by atomic mass is 10.1. The summed E-state index contributed by atoms with van der Waals surface area (Å²) in [6.07, 6.45) is 0. The van der Waals surface area contributed by atoms with E-state index in [0.29, 0.717) is 12.1 Å². The van der Waals surface area contributed by atoms with Crippen molar-refractivity contribution in [1.82, 2.24) is 14.8 Å². The zero-order valence-electron chi connectivity index (χ0n) is 10.7. The van der Waals surface area contributed by atoms with Gasteiger partial charge in [-0.25, -0.2) is 14.5 Å². The molecule has 0 aliphatic heterocycles. The van der Waals surface area contributed by atoms with Crippen LogP contribution in [0.25, 0.3) is 0 Å². The van der Waals surface area contributed by atoms with E-state index in [0.717, 1.165) is 17.2 Å². The summed E-state index contributed by atoms with van der Waals surface area (Å²) in [5.74, 6) is 1.22. The summed E-state index contributed by atoms with van der Waals surface area (Å²) < 4.78 is 6.54. The molecule has 0 N–H and O–H groups in total. The molecule has 0 saturated carbocycles.